The van der Waals surface area contributed by atoms with Crippen molar-refractivity contribution in [2.75, 3.05) is 5.32 Å². The van der Waals surface area contributed by atoms with Gasteiger partial charge < -0.3 is 26.0 Å². The van der Waals surface area contributed by atoms with E-state index in [-0.39, 0.29) is 5.71 Å². The average Bonchev–Trinajstić information content (AvgIpc) is 2.31. The van der Waals surface area contributed by atoms with Crippen molar-refractivity contribution in [1.29, 1.82) is 0 Å². The summed E-state index contributed by atoms with van der Waals surface area (Å²) in [6, 6.07) is 8.51. The molecule has 0 aromatic heterocycles. The maximum atomic E-state index is 11.5. The highest BCUT2D eigenvalue weighted by Gasteiger charge is 2.11. The molecule has 16 heavy (non-hydrogen) atoms. The van der Waals surface area contributed by atoms with Crippen LogP contribution in [0.1, 0.15) is 6.92 Å². The van der Waals surface area contributed by atoms with Crippen LogP contribution in [0.25, 0.3) is 0 Å². The van der Waals surface area contributed by atoms with Crippen molar-refractivity contribution in [3.63, 3.8) is 0 Å². The molecule has 0 aliphatic heterocycles. The predicted octanol–water partition coefficient (Wildman–Crippen LogP) is 1.52. The molecular weight excluding hydrogens is 210 g/mol. The molecule has 0 saturated heterocycles. The molecule has 1 N–H and O–H groups in total. The summed E-state index contributed by atoms with van der Waals surface area (Å²) < 4.78 is 0. The first-order valence-electron chi connectivity index (χ1n) is 4.43. The van der Waals surface area contributed by atoms with Gasteiger partial charge in [0.15, 0.2) is 0 Å². The van der Waals surface area contributed by atoms with Gasteiger partial charge in [-0.15, -0.1) is 0 Å². The Kier molecular flexibility index (Phi) is 4.02. The molecule has 1 aromatic carbocycles. The first-order chi connectivity index (χ1) is 7.69. The number of nitrogens with zero attached hydrogens (tertiary/aromatic N) is 2. The molecule has 0 bridgehead atoms. The largest absolute Gasteiger partial charge is 0.792 e. The number of rotatable bonds is 3. The maximum absolute atomic E-state index is 11.5. The summed E-state index contributed by atoms with van der Waals surface area (Å²) in [5, 5.41) is 27.9. The first-order valence-corrected chi connectivity index (χ1v) is 4.43. The van der Waals surface area contributed by atoms with Crippen molar-refractivity contribution in [3.05, 3.63) is 40.7 Å². The zero-order chi connectivity index (χ0) is 12.0. The van der Waals surface area contributed by atoms with E-state index in [1.54, 1.807) is 30.3 Å². The molecule has 6 heteroatoms. The molecule has 0 radical (unpaired) electrons. The topological polar surface area (TPSA) is 99.9 Å². The molecular formula is C10H9N3O3-2. The monoisotopic (exact) mass is 219 g/mol. The molecule has 0 aliphatic rings. The Labute approximate surface area is 91.9 Å². The van der Waals surface area contributed by atoms with E-state index in [0.717, 1.165) is 0 Å². The van der Waals surface area contributed by atoms with Gasteiger partial charge in [0.1, 0.15) is 5.71 Å². The number of carbonyl (C=O) groups is 1. The van der Waals surface area contributed by atoms with Crippen molar-refractivity contribution in [2.24, 2.45) is 10.3 Å². The van der Waals surface area contributed by atoms with E-state index in [2.05, 4.69) is 15.6 Å². The fourth-order valence-corrected chi connectivity index (χ4v) is 1.03. The standard InChI is InChI=1S/C10H11N3O3/c1-7(12-15)9(13-16)10(14)11-8-5-3-2-4-6-8/h2-6,15-16H,1H3,(H,11,14)/p-2. The molecule has 0 saturated carbocycles. The lowest BCUT2D eigenvalue weighted by molar-refractivity contribution is -0.110. The van der Waals surface area contributed by atoms with E-state index in [0.29, 0.717) is 5.69 Å². The Morgan fingerprint density at radius 2 is 1.81 bits per heavy atom. The van der Waals surface area contributed by atoms with E-state index in [1.807, 2.05) is 0 Å². The summed E-state index contributed by atoms with van der Waals surface area (Å²) in [5.74, 6) is -0.752. The van der Waals surface area contributed by atoms with E-state index in [4.69, 9.17) is 0 Å². The number of amides is 1. The summed E-state index contributed by atoms with van der Waals surface area (Å²) in [5.41, 5.74) is -0.255. The smallest absolute Gasteiger partial charge is 0.275 e. The Hall–Kier alpha value is -2.37. The maximum Gasteiger partial charge on any atom is 0.275 e. The van der Waals surface area contributed by atoms with Gasteiger partial charge in [-0.25, -0.2) is 0 Å². The third kappa shape index (κ3) is 2.81. The number of benzene rings is 1. The third-order valence-electron chi connectivity index (χ3n) is 1.82. The second kappa shape index (κ2) is 5.50. The quantitative estimate of drug-likeness (QED) is 0.616. The van der Waals surface area contributed by atoms with Crippen LogP contribution >= 0.6 is 0 Å². The second-order valence-electron chi connectivity index (χ2n) is 2.94. The van der Waals surface area contributed by atoms with Crippen LogP contribution in [0.5, 0.6) is 0 Å². The minimum Gasteiger partial charge on any atom is -0.792 e. The van der Waals surface area contributed by atoms with Gasteiger partial charge in [-0.3, -0.25) is 4.79 Å². The lowest BCUT2D eigenvalue weighted by Gasteiger charge is -2.10. The number of hydrogen-bond donors (Lipinski definition) is 1. The minimum absolute atomic E-state index is 0.247. The summed E-state index contributed by atoms with van der Waals surface area (Å²) in [4.78, 5) is 11.5. The van der Waals surface area contributed by atoms with Crippen LogP contribution in [0, 0.1) is 10.4 Å². The molecule has 0 fully saturated rings. The van der Waals surface area contributed by atoms with Gasteiger partial charge in [-0.05, 0) is 19.1 Å². The van der Waals surface area contributed by atoms with E-state index < -0.39 is 11.6 Å². The van der Waals surface area contributed by atoms with Crippen LogP contribution in [0.2, 0.25) is 0 Å². The van der Waals surface area contributed by atoms with Crippen LogP contribution in [0.3, 0.4) is 0 Å². The summed E-state index contributed by atoms with van der Waals surface area (Å²) in [7, 11) is 0. The van der Waals surface area contributed by atoms with Crippen LogP contribution in [-0.4, -0.2) is 17.3 Å². The van der Waals surface area contributed by atoms with Crippen LogP contribution < -0.4 is 5.32 Å². The van der Waals surface area contributed by atoms with Crippen molar-refractivity contribution >= 4 is 23.0 Å². The Morgan fingerprint density at radius 3 is 2.31 bits per heavy atom. The van der Waals surface area contributed by atoms with E-state index in [1.165, 1.54) is 6.92 Å². The summed E-state index contributed by atoms with van der Waals surface area (Å²) in [6.07, 6.45) is 0. The fraction of sp³-hybridized carbons (Fsp3) is 0.100. The van der Waals surface area contributed by atoms with Gasteiger partial charge in [-0.2, -0.15) is 0 Å². The molecule has 84 valence electrons. The van der Waals surface area contributed by atoms with Gasteiger partial charge in [0.05, 0.1) is 5.71 Å². The first kappa shape index (κ1) is 11.7. The number of nitrogens with one attached hydrogen (secondary N) is 1. The number of hydrogen-bond acceptors (Lipinski definition) is 5. The number of anilines is 1. The van der Waals surface area contributed by atoms with E-state index >= 15 is 0 Å². The average molecular weight is 219 g/mol. The molecule has 0 spiro atoms. The highest BCUT2D eigenvalue weighted by atomic mass is 16.4. The molecule has 1 aromatic rings. The third-order valence-corrected chi connectivity index (χ3v) is 1.82. The van der Waals surface area contributed by atoms with Crippen molar-refractivity contribution in [2.45, 2.75) is 6.92 Å². The zero-order valence-corrected chi connectivity index (χ0v) is 8.51. The lowest BCUT2D eigenvalue weighted by Crippen LogP contribution is -2.28. The van der Waals surface area contributed by atoms with Crippen molar-refractivity contribution in [3.8, 4) is 0 Å². The van der Waals surface area contributed by atoms with Crippen LogP contribution in [-0.2, 0) is 4.79 Å². The predicted molar refractivity (Wildman–Crippen MR) is 62.3 cm³/mol. The van der Waals surface area contributed by atoms with Gasteiger partial charge in [0.25, 0.3) is 5.91 Å². The lowest BCUT2D eigenvalue weighted by atomic mass is 10.2. The molecule has 0 heterocycles. The highest BCUT2D eigenvalue weighted by molar-refractivity contribution is 6.68. The molecule has 0 aliphatic carbocycles. The Morgan fingerprint density at radius 1 is 1.19 bits per heavy atom. The molecule has 0 unspecified atom stereocenters. The molecule has 1 rings (SSSR count). The molecule has 1 amide bonds. The van der Waals surface area contributed by atoms with Gasteiger partial charge in [0, 0.05) is 5.69 Å². The van der Waals surface area contributed by atoms with Gasteiger partial charge in [0.2, 0.25) is 0 Å². The number of carbonyl (C=O) groups excluding carboxylic acids is 1. The number of para-hydroxylation sites is 1. The summed E-state index contributed by atoms with van der Waals surface area (Å²) in [6.45, 7) is 1.24. The zero-order valence-electron chi connectivity index (χ0n) is 8.51. The Bertz CT molecular complexity index is 426. The van der Waals surface area contributed by atoms with Crippen molar-refractivity contribution < 1.29 is 4.79 Å². The van der Waals surface area contributed by atoms with Crippen LogP contribution in [0.15, 0.2) is 40.6 Å². The van der Waals surface area contributed by atoms with Crippen LogP contribution in [0.4, 0.5) is 5.69 Å². The van der Waals surface area contributed by atoms with Gasteiger partial charge >= 0.3 is 0 Å². The minimum atomic E-state index is -0.752. The molecule has 6 nitrogen and oxygen atoms in total. The van der Waals surface area contributed by atoms with E-state index in [9.17, 15) is 15.2 Å². The SMILES string of the molecule is CC(=N[O-])C(=N[O-])C(=O)Nc1ccccc1. The van der Waals surface area contributed by atoms with Gasteiger partial charge in [-0.1, -0.05) is 18.2 Å². The highest BCUT2D eigenvalue weighted by Crippen LogP contribution is 2.05. The Balaban J connectivity index is 2.80. The summed E-state index contributed by atoms with van der Waals surface area (Å²) >= 11 is 0. The fourth-order valence-electron chi connectivity index (χ4n) is 1.03. The van der Waals surface area contributed by atoms with Crippen molar-refractivity contribution in [1.82, 2.24) is 0 Å². The normalized spacial score (nSPS) is 12.3. The molecule has 0 atom stereocenters. The second-order valence-corrected chi connectivity index (χ2v) is 2.94.